The lowest BCUT2D eigenvalue weighted by atomic mass is 9.74. The van der Waals surface area contributed by atoms with Gasteiger partial charge in [-0.1, -0.05) is 33.1 Å². The van der Waals surface area contributed by atoms with Gasteiger partial charge < -0.3 is 5.73 Å². The van der Waals surface area contributed by atoms with E-state index in [0.29, 0.717) is 18.6 Å². The molecule has 19 heavy (non-hydrogen) atoms. The predicted molar refractivity (Wildman–Crippen MR) is 82.0 cm³/mol. The minimum Gasteiger partial charge on any atom is -0.325 e. The molecule has 0 radical (unpaired) electrons. The minimum atomic E-state index is -2.88. The lowest BCUT2D eigenvalue weighted by Gasteiger charge is -2.37. The number of unbranched alkanes of at least 4 members (excludes halogenated alkanes) is 1. The Morgan fingerprint density at radius 2 is 1.74 bits per heavy atom. The lowest BCUT2D eigenvalue weighted by Crippen LogP contribution is -2.44. The summed E-state index contributed by atoms with van der Waals surface area (Å²) in [6.07, 6.45) is 9.63. The van der Waals surface area contributed by atoms with Gasteiger partial charge in [0.2, 0.25) is 0 Å². The standard InChI is InChI=1S/C15H31NO2S/c1-3-5-6-14-7-9-15(16,10-8-14)11-13-19(17,18)12-4-2/h14H,3-13,16H2,1-2H3. The summed E-state index contributed by atoms with van der Waals surface area (Å²) < 4.78 is 23.5. The van der Waals surface area contributed by atoms with Gasteiger partial charge in [-0.25, -0.2) is 8.42 Å². The fraction of sp³-hybridized carbons (Fsp3) is 1.00. The summed E-state index contributed by atoms with van der Waals surface area (Å²) >= 11 is 0. The molecule has 3 nitrogen and oxygen atoms in total. The zero-order chi connectivity index (χ0) is 14.4. The molecule has 0 spiro atoms. The molecule has 4 heteroatoms. The molecule has 1 aliphatic rings. The molecule has 2 N–H and O–H groups in total. The minimum absolute atomic E-state index is 0.219. The Balaban J connectivity index is 2.35. The van der Waals surface area contributed by atoms with Crippen LogP contribution < -0.4 is 5.73 Å². The monoisotopic (exact) mass is 289 g/mol. The quantitative estimate of drug-likeness (QED) is 0.746. The van der Waals surface area contributed by atoms with Crippen molar-refractivity contribution in [3.8, 4) is 0 Å². The van der Waals surface area contributed by atoms with Gasteiger partial charge in [0.15, 0.2) is 0 Å². The molecule has 0 aliphatic heterocycles. The first-order valence-corrected chi connectivity index (χ1v) is 9.72. The SMILES string of the molecule is CCCCC1CCC(N)(CCS(=O)(=O)CCC)CC1. The molecule has 1 aliphatic carbocycles. The van der Waals surface area contributed by atoms with Crippen LogP contribution in [0.25, 0.3) is 0 Å². The van der Waals surface area contributed by atoms with Crippen LogP contribution in [0.2, 0.25) is 0 Å². The van der Waals surface area contributed by atoms with E-state index in [4.69, 9.17) is 5.73 Å². The van der Waals surface area contributed by atoms with Gasteiger partial charge in [0.1, 0.15) is 9.84 Å². The summed E-state index contributed by atoms with van der Waals surface area (Å²) in [5.41, 5.74) is 6.17. The summed E-state index contributed by atoms with van der Waals surface area (Å²) in [5.74, 6) is 1.41. The summed E-state index contributed by atoms with van der Waals surface area (Å²) in [6.45, 7) is 4.14. The van der Waals surface area contributed by atoms with E-state index in [1.54, 1.807) is 0 Å². The summed E-state index contributed by atoms with van der Waals surface area (Å²) in [7, 11) is -2.88. The highest BCUT2D eigenvalue weighted by molar-refractivity contribution is 7.91. The molecule has 0 aromatic rings. The largest absolute Gasteiger partial charge is 0.325 e. The second kappa shape index (κ2) is 7.63. The fourth-order valence-electron chi connectivity index (χ4n) is 3.06. The molecular formula is C15H31NO2S. The molecule has 1 fully saturated rings. The third-order valence-corrected chi connectivity index (χ3v) is 6.35. The zero-order valence-corrected chi connectivity index (χ0v) is 13.5. The van der Waals surface area contributed by atoms with Crippen molar-refractivity contribution in [3.05, 3.63) is 0 Å². The summed E-state index contributed by atoms with van der Waals surface area (Å²) in [6, 6.07) is 0. The smallest absolute Gasteiger partial charge is 0.150 e. The Morgan fingerprint density at radius 1 is 1.11 bits per heavy atom. The predicted octanol–water partition coefficient (Wildman–Crippen LogP) is 3.28. The first-order valence-electron chi connectivity index (χ1n) is 7.90. The lowest BCUT2D eigenvalue weighted by molar-refractivity contribution is 0.218. The van der Waals surface area contributed by atoms with E-state index in [1.165, 1.54) is 32.1 Å². The summed E-state index contributed by atoms with van der Waals surface area (Å²) in [5, 5.41) is 0. The highest BCUT2D eigenvalue weighted by atomic mass is 32.2. The van der Waals surface area contributed by atoms with Crippen molar-refractivity contribution in [2.45, 2.75) is 77.2 Å². The Kier molecular flexibility index (Phi) is 6.81. The molecule has 114 valence electrons. The van der Waals surface area contributed by atoms with Crippen LogP contribution in [0.15, 0.2) is 0 Å². The van der Waals surface area contributed by atoms with Crippen molar-refractivity contribution >= 4 is 9.84 Å². The average Bonchev–Trinajstić information content (AvgIpc) is 2.36. The van der Waals surface area contributed by atoms with Gasteiger partial charge in [0.05, 0.1) is 5.75 Å². The number of hydrogen-bond donors (Lipinski definition) is 1. The van der Waals surface area contributed by atoms with Gasteiger partial charge in [-0.05, 0) is 44.4 Å². The van der Waals surface area contributed by atoms with Crippen LogP contribution in [-0.2, 0) is 9.84 Å². The van der Waals surface area contributed by atoms with Gasteiger partial charge in [-0.15, -0.1) is 0 Å². The Bertz CT molecular complexity index is 343. The summed E-state index contributed by atoms with van der Waals surface area (Å²) in [4.78, 5) is 0. The topological polar surface area (TPSA) is 60.2 Å². The molecule has 0 atom stereocenters. The van der Waals surface area contributed by atoms with Gasteiger partial charge in [0.25, 0.3) is 0 Å². The van der Waals surface area contributed by atoms with Crippen LogP contribution in [0, 0.1) is 5.92 Å². The van der Waals surface area contributed by atoms with Crippen molar-refractivity contribution in [2.24, 2.45) is 11.7 Å². The van der Waals surface area contributed by atoms with E-state index >= 15 is 0 Å². The van der Waals surface area contributed by atoms with E-state index in [0.717, 1.165) is 18.8 Å². The fourth-order valence-corrected chi connectivity index (χ4v) is 4.60. The highest BCUT2D eigenvalue weighted by Gasteiger charge is 2.32. The molecular weight excluding hydrogens is 258 g/mol. The number of hydrogen-bond acceptors (Lipinski definition) is 3. The normalized spacial score (nSPS) is 28.5. The molecule has 0 bridgehead atoms. The van der Waals surface area contributed by atoms with E-state index in [-0.39, 0.29) is 11.3 Å². The third kappa shape index (κ3) is 6.26. The molecule has 0 aromatic carbocycles. The average molecular weight is 289 g/mol. The number of sulfone groups is 1. The van der Waals surface area contributed by atoms with Crippen LogP contribution >= 0.6 is 0 Å². The maximum Gasteiger partial charge on any atom is 0.150 e. The van der Waals surface area contributed by atoms with Gasteiger partial charge >= 0.3 is 0 Å². The van der Waals surface area contributed by atoms with Crippen molar-refractivity contribution in [1.29, 1.82) is 0 Å². The molecule has 0 unspecified atom stereocenters. The Labute approximate surface area is 119 Å². The van der Waals surface area contributed by atoms with Crippen LogP contribution in [0.1, 0.15) is 71.6 Å². The first-order chi connectivity index (χ1) is 8.91. The van der Waals surface area contributed by atoms with Gasteiger partial charge in [-0.3, -0.25) is 0 Å². The van der Waals surface area contributed by atoms with Gasteiger partial charge in [-0.2, -0.15) is 0 Å². The molecule has 0 amide bonds. The van der Waals surface area contributed by atoms with Crippen LogP contribution in [0.3, 0.4) is 0 Å². The molecule has 0 heterocycles. The van der Waals surface area contributed by atoms with Crippen LogP contribution in [-0.4, -0.2) is 25.5 Å². The molecule has 0 aromatic heterocycles. The number of nitrogens with two attached hydrogens (primary N) is 1. The van der Waals surface area contributed by atoms with E-state index in [2.05, 4.69) is 6.92 Å². The molecule has 1 saturated carbocycles. The van der Waals surface area contributed by atoms with Crippen molar-refractivity contribution in [2.75, 3.05) is 11.5 Å². The molecule has 0 saturated heterocycles. The van der Waals surface area contributed by atoms with Crippen LogP contribution in [0.4, 0.5) is 0 Å². The van der Waals surface area contributed by atoms with Crippen molar-refractivity contribution < 1.29 is 8.42 Å². The van der Waals surface area contributed by atoms with E-state index in [1.807, 2.05) is 6.92 Å². The zero-order valence-electron chi connectivity index (χ0n) is 12.7. The van der Waals surface area contributed by atoms with Crippen LogP contribution in [0.5, 0.6) is 0 Å². The Morgan fingerprint density at radius 3 is 2.26 bits per heavy atom. The van der Waals surface area contributed by atoms with Gasteiger partial charge in [0, 0.05) is 11.3 Å². The first kappa shape index (κ1) is 17.0. The second-order valence-corrected chi connectivity index (χ2v) is 8.65. The highest BCUT2D eigenvalue weighted by Crippen LogP contribution is 2.35. The number of rotatable bonds is 8. The maximum atomic E-state index is 11.8. The van der Waals surface area contributed by atoms with Crippen molar-refractivity contribution in [3.63, 3.8) is 0 Å². The van der Waals surface area contributed by atoms with E-state index in [9.17, 15) is 8.42 Å². The second-order valence-electron chi connectivity index (χ2n) is 6.35. The molecule has 1 rings (SSSR count). The Hall–Kier alpha value is -0.0900. The maximum absolute atomic E-state index is 11.8. The van der Waals surface area contributed by atoms with Crippen molar-refractivity contribution in [1.82, 2.24) is 0 Å². The van der Waals surface area contributed by atoms with E-state index < -0.39 is 9.84 Å². The third-order valence-electron chi connectivity index (χ3n) is 4.49.